The molecule has 0 aliphatic rings. The highest BCUT2D eigenvalue weighted by Gasteiger charge is 2.22. The molecular formula is C14H13BrClNO2S. The van der Waals surface area contributed by atoms with E-state index in [4.69, 9.17) is 22.1 Å². The third kappa shape index (κ3) is 2.71. The molecule has 2 aromatic rings. The van der Waals surface area contributed by atoms with Gasteiger partial charge in [-0.2, -0.15) is 0 Å². The average molecular weight is 375 g/mol. The maximum atomic E-state index is 11.8. The lowest BCUT2D eigenvalue weighted by molar-refractivity contribution is 0.0607. The lowest BCUT2D eigenvalue weighted by Gasteiger charge is -2.05. The Morgan fingerprint density at radius 1 is 1.50 bits per heavy atom. The van der Waals surface area contributed by atoms with Gasteiger partial charge in [-0.25, -0.2) is 4.79 Å². The molecule has 0 unspecified atom stereocenters. The van der Waals surface area contributed by atoms with Crippen LogP contribution in [0.25, 0.3) is 10.4 Å². The van der Waals surface area contributed by atoms with Gasteiger partial charge in [-0.3, -0.25) is 0 Å². The van der Waals surface area contributed by atoms with Gasteiger partial charge in [0.05, 0.1) is 17.8 Å². The lowest BCUT2D eigenvalue weighted by atomic mass is 10.1. The summed E-state index contributed by atoms with van der Waals surface area (Å²) in [5.41, 5.74) is 8.35. The van der Waals surface area contributed by atoms with Gasteiger partial charge in [-0.15, -0.1) is 11.3 Å². The molecule has 1 aromatic carbocycles. The number of rotatable bonds is 3. The van der Waals surface area contributed by atoms with Crippen LogP contribution in [0.15, 0.2) is 22.7 Å². The molecule has 0 atom stereocenters. The van der Waals surface area contributed by atoms with E-state index in [9.17, 15) is 4.79 Å². The summed E-state index contributed by atoms with van der Waals surface area (Å²) in [6, 6.07) is 5.65. The highest BCUT2D eigenvalue weighted by atomic mass is 79.9. The monoisotopic (exact) mass is 373 g/mol. The van der Waals surface area contributed by atoms with Crippen LogP contribution in [0, 0.1) is 0 Å². The smallest absolute Gasteiger partial charge is 0.350 e. The number of carbonyl (C=O) groups excluding carboxylic acids is 1. The summed E-state index contributed by atoms with van der Waals surface area (Å²) in [5, 5.41) is 0.617. The first-order chi connectivity index (χ1) is 9.49. The molecule has 1 aromatic heterocycles. The standard InChI is InChI=1S/C14H13BrClNO2S/c1-3-8-11(17)13(14(18)19-2)20-12(8)9-5-4-7(15)6-10(9)16/h4-6H,3,17H2,1-2H3. The van der Waals surface area contributed by atoms with Crippen molar-refractivity contribution >= 4 is 50.5 Å². The molecule has 0 saturated carbocycles. The summed E-state index contributed by atoms with van der Waals surface area (Å²) in [6.45, 7) is 2.00. The number of thiophene rings is 1. The maximum absolute atomic E-state index is 11.8. The largest absolute Gasteiger partial charge is 0.465 e. The van der Waals surface area contributed by atoms with Crippen molar-refractivity contribution < 1.29 is 9.53 Å². The summed E-state index contributed by atoms with van der Waals surface area (Å²) < 4.78 is 5.67. The molecule has 20 heavy (non-hydrogen) atoms. The van der Waals surface area contributed by atoms with Crippen molar-refractivity contribution in [2.24, 2.45) is 0 Å². The minimum atomic E-state index is -0.415. The van der Waals surface area contributed by atoms with E-state index in [0.717, 1.165) is 26.9 Å². The minimum absolute atomic E-state index is 0.415. The molecule has 0 saturated heterocycles. The van der Waals surface area contributed by atoms with Crippen molar-refractivity contribution in [3.63, 3.8) is 0 Å². The molecule has 0 aliphatic carbocycles. The third-order valence-electron chi connectivity index (χ3n) is 2.95. The fraction of sp³-hybridized carbons (Fsp3) is 0.214. The van der Waals surface area contributed by atoms with E-state index in [1.807, 2.05) is 25.1 Å². The number of benzene rings is 1. The van der Waals surface area contributed by atoms with E-state index in [1.54, 1.807) is 0 Å². The van der Waals surface area contributed by atoms with Crippen LogP contribution < -0.4 is 5.73 Å². The highest BCUT2D eigenvalue weighted by molar-refractivity contribution is 9.10. The Balaban J connectivity index is 2.64. The van der Waals surface area contributed by atoms with E-state index < -0.39 is 5.97 Å². The number of hydrogen-bond donors (Lipinski definition) is 1. The first-order valence-corrected chi connectivity index (χ1v) is 7.93. The Bertz CT molecular complexity index is 669. The summed E-state index contributed by atoms with van der Waals surface area (Å²) in [6.07, 6.45) is 0.723. The Kier molecular flexibility index (Phi) is 4.73. The number of hydrogen-bond acceptors (Lipinski definition) is 4. The van der Waals surface area contributed by atoms with Crippen LogP contribution in [0.2, 0.25) is 5.02 Å². The van der Waals surface area contributed by atoms with Crippen LogP contribution in [-0.4, -0.2) is 13.1 Å². The van der Waals surface area contributed by atoms with E-state index >= 15 is 0 Å². The molecular weight excluding hydrogens is 362 g/mol. The summed E-state index contributed by atoms with van der Waals surface area (Å²) in [7, 11) is 1.35. The SMILES string of the molecule is CCc1c(-c2ccc(Br)cc2Cl)sc(C(=O)OC)c1N. The summed E-state index contributed by atoms with van der Waals surface area (Å²) >= 11 is 11.0. The van der Waals surface area contributed by atoms with Gasteiger partial charge in [-0.1, -0.05) is 40.5 Å². The predicted octanol–water partition coefficient (Wildman–Crippen LogP) is 4.76. The predicted molar refractivity (Wildman–Crippen MR) is 87.6 cm³/mol. The van der Waals surface area contributed by atoms with E-state index in [-0.39, 0.29) is 0 Å². The zero-order valence-electron chi connectivity index (χ0n) is 11.0. The number of halogens is 2. The molecule has 3 nitrogen and oxygen atoms in total. The van der Waals surface area contributed by atoms with Gasteiger partial charge in [0.25, 0.3) is 0 Å². The van der Waals surface area contributed by atoms with Crippen molar-refractivity contribution in [1.82, 2.24) is 0 Å². The number of esters is 1. The number of nitrogens with two attached hydrogens (primary N) is 1. The average Bonchev–Trinajstić information content (AvgIpc) is 2.74. The molecule has 0 amide bonds. The molecule has 2 N–H and O–H groups in total. The maximum Gasteiger partial charge on any atom is 0.350 e. The Morgan fingerprint density at radius 2 is 2.20 bits per heavy atom. The molecule has 0 bridgehead atoms. The van der Waals surface area contributed by atoms with Crippen molar-refractivity contribution in [3.8, 4) is 10.4 Å². The van der Waals surface area contributed by atoms with Crippen LogP contribution in [0.5, 0.6) is 0 Å². The number of anilines is 1. The van der Waals surface area contributed by atoms with Gasteiger partial charge in [0, 0.05) is 14.9 Å². The van der Waals surface area contributed by atoms with Crippen molar-refractivity contribution in [2.45, 2.75) is 13.3 Å². The minimum Gasteiger partial charge on any atom is -0.465 e. The number of methoxy groups -OCH3 is 1. The van der Waals surface area contributed by atoms with Crippen LogP contribution >= 0.6 is 38.9 Å². The van der Waals surface area contributed by atoms with E-state index in [1.165, 1.54) is 18.4 Å². The van der Waals surface area contributed by atoms with Crippen molar-refractivity contribution in [3.05, 3.63) is 38.1 Å². The first-order valence-electron chi connectivity index (χ1n) is 5.94. The molecule has 6 heteroatoms. The Labute approximate surface area is 134 Å². The van der Waals surface area contributed by atoms with Gasteiger partial charge < -0.3 is 10.5 Å². The van der Waals surface area contributed by atoms with E-state index in [2.05, 4.69) is 15.9 Å². The van der Waals surface area contributed by atoms with Crippen LogP contribution in [0.3, 0.4) is 0 Å². The number of ether oxygens (including phenoxy) is 1. The second-order valence-corrected chi connectivity index (χ2v) is 6.47. The van der Waals surface area contributed by atoms with E-state index in [0.29, 0.717) is 15.6 Å². The summed E-state index contributed by atoms with van der Waals surface area (Å²) in [4.78, 5) is 13.1. The van der Waals surface area contributed by atoms with Gasteiger partial charge in [0.1, 0.15) is 4.88 Å². The molecule has 0 aliphatic heterocycles. The lowest BCUT2D eigenvalue weighted by Crippen LogP contribution is -2.02. The van der Waals surface area contributed by atoms with Gasteiger partial charge in [0.2, 0.25) is 0 Å². The molecule has 106 valence electrons. The summed E-state index contributed by atoms with van der Waals surface area (Å²) in [5.74, 6) is -0.415. The molecule has 1 heterocycles. The highest BCUT2D eigenvalue weighted by Crippen LogP contribution is 2.42. The van der Waals surface area contributed by atoms with Gasteiger partial charge >= 0.3 is 5.97 Å². The van der Waals surface area contributed by atoms with Crippen LogP contribution in [-0.2, 0) is 11.2 Å². The van der Waals surface area contributed by atoms with Crippen molar-refractivity contribution in [2.75, 3.05) is 12.8 Å². The topological polar surface area (TPSA) is 52.3 Å². The van der Waals surface area contributed by atoms with Gasteiger partial charge in [0.15, 0.2) is 0 Å². The van der Waals surface area contributed by atoms with Crippen LogP contribution in [0.1, 0.15) is 22.2 Å². The number of carbonyl (C=O) groups is 1. The zero-order valence-corrected chi connectivity index (χ0v) is 14.2. The van der Waals surface area contributed by atoms with Crippen molar-refractivity contribution in [1.29, 1.82) is 0 Å². The Morgan fingerprint density at radius 3 is 2.75 bits per heavy atom. The second kappa shape index (κ2) is 6.16. The van der Waals surface area contributed by atoms with Crippen LogP contribution in [0.4, 0.5) is 5.69 Å². The molecule has 0 radical (unpaired) electrons. The molecule has 2 rings (SSSR count). The molecule has 0 spiro atoms. The normalized spacial score (nSPS) is 10.6. The fourth-order valence-electron chi connectivity index (χ4n) is 1.96. The fourth-order valence-corrected chi connectivity index (χ4v) is 4.06. The second-order valence-electron chi connectivity index (χ2n) is 4.12. The van der Waals surface area contributed by atoms with Gasteiger partial charge in [-0.05, 0) is 24.1 Å². The Hall–Kier alpha value is -1.04. The number of nitrogen functional groups attached to an aromatic ring is 1. The quantitative estimate of drug-likeness (QED) is 0.788. The zero-order chi connectivity index (χ0) is 14.9. The third-order valence-corrected chi connectivity index (χ3v) is 5.02. The first kappa shape index (κ1) is 15.4. The molecule has 0 fully saturated rings.